The van der Waals surface area contributed by atoms with Crippen LogP contribution in [0.1, 0.15) is 12.8 Å². The Bertz CT molecular complexity index is 486. The van der Waals surface area contributed by atoms with Crippen molar-refractivity contribution in [3.8, 4) is 0 Å². The van der Waals surface area contributed by atoms with E-state index in [9.17, 15) is 9.59 Å². The third-order valence-corrected chi connectivity index (χ3v) is 3.60. The minimum Gasteiger partial charge on any atom is -0.481 e. The molecule has 0 saturated heterocycles. The van der Waals surface area contributed by atoms with Crippen LogP contribution < -0.4 is 11.1 Å². The number of aromatic nitrogens is 3. The van der Waals surface area contributed by atoms with Crippen molar-refractivity contribution in [1.29, 1.82) is 0 Å². The standard InChI is InChI=1S/C10H15N5O3S/c11-9-13-14-10(19-5-7(16)17)15(9)4-3-12-8(18)6-1-2-6/h6H,1-5H2,(H2,11,13)(H,12,18)(H,16,17). The molecule has 0 spiro atoms. The molecule has 2 rings (SSSR count). The molecule has 1 fully saturated rings. The highest BCUT2D eigenvalue weighted by Gasteiger charge is 2.29. The Hall–Kier alpha value is -1.77. The Balaban J connectivity index is 1.85. The fraction of sp³-hybridized carbons (Fsp3) is 0.600. The zero-order valence-corrected chi connectivity index (χ0v) is 11.0. The third-order valence-electron chi connectivity index (χ3n) is 2.65. The molecule has 9 heteroatoms. The second kappa shape index (κ2) is 5.91. The number of nitrogens with two attached hydrogens (primary N) is 1. The van der Waals surface area contributed by atoms with E-state index in [1.165, 1.54) is 0 Å². The van der Waals surface area contributed by atoms with Crippen LogP contribution in [0.4, 0.5) is 5.95 Å². The molecule has 1 amide bonds. The van der Waals surface area contributed by atoms with Crippen molar-refractivity contribution in [2.45, 2.75) is 24.5 Å². The summed E-state index contributed by atoms with van der Waals surface area (Å²) in [6.07, 6.45) is 1.92. The minimum atomic E-state index is -0.930. The third kappa shape index (κ3) is 3.85. The second-order valence-corrected chi connectivity index (χ2v) is 5.18. The van der Waals surface area contributed by atoms with Crippen LogP contribution in [0.3, 0.4) is 0 Å². The molecule has 1 aliphatic carbocycles. The van der Waals surface area contributed by atoms with Gasteiger partial charge in [-0.15, -0.1) is 10.2 Å². The molecule has 0 aromatic carbocycles. The van der Waals surface area contributed by atoms with Crippen molar-refractivity contribution in [1.82, 2.24) is 20.1 Å². The number of carbonyl (C=O) groups excluding carboxylic acids is 1. The van der Waals surface area contributed by atoms with Gasteiger partial charge in [0.25, 0.3) is 0 Å². The van der Waals surface area contributed by atoms with Gasteiger partial charge in [0.05, 0.1) is 5.75 Å². The van der Waals surface area contributed by atoms with Crippen molar-refractivity contribution in [3.05, 3.63) is 0 Å². The molecule has 0 radical (unpaired) electrons. The summed E-state index contributed by atoms with van der Waals surface area (Å²) in [5, 5.41) is 19.4. The number of thioether (sulfide) groups is 1. The predicted molar refractivity (Wildman–Crippen MR) is 68.5 cm³/mol. The first kappa shape index (κ1) is 13.7. The van der Waals surface area contributed by atoms with Gasteiger partial charge in [0.2, 0.25) is 11.9 Å². The lowest BCUT2D eigenvalue weighted by atomic mass is 10.4. The molecule has 8 nitrogen and oxygen atoms in total. The van der Waals surface area contributed by atoms with E-state index in [1.807, 2.05) is 0 Å². The van der Waals surface area contributed by atoms with Gasteiger partial charge in [-0.3, -0.25) is 14.2 Å². The van der Waals surface area contributed by atoms with Gasteiger partial charge in [0, 0.05) is 19.0 Å². The smallest absolute Gasteiger partial charge is 0.313 e. The summed E-state index contributed by atoms with van der Waals surface area (Å²) >= 11 is 1.05. The number of aliphatic carboxylic acids is 1. The molecule has 0 atom stereocenters. The Kier molecular flexibility index (Phi) is 4.25. The van der Waals surface area contributed by atoms with Crippen LogP contribution in [0.2, 0.25) is 0 Å². The van der Waals surface area contributed by atoms with E-state index in [1.54, 1.807) is 4.57 Å². The first-order valence-electron chi connectivity index (χ1n) is 5.89. The molecule has 0 aliphatic heterocycles. The number of amides is 1. The van der Waals surface area contributed by atoms with Crippen molar-refractivity contribution in [2.75, 3.05) is 18.0 Å². The lowest BCUT2D eigenvalue weighted by molar-refractivity contribution is -0.134. The first-order chi connectivity index (χ1) is 9.08. The topological polar surface area (TPSA) is 123 Å². The van der Waals surface area contributed by atoms with Gasteiger partial charge in [-0.25, -0.2) is 0 Å². The summed E-state index contributed by atoms with van der Waals surface area (Å²) in [7, 11) is 0. The number of carboxylic acids is 1. The van der Waals surface area contributed by atoms with E-state index in [-0.39, 0.29) is 23.5 Å². The average molecular weight is 285 g/mol. The van der Waals surface area contributed by atoms with Gasteiger partial charge in [0.15, 0.2) is 5.16 Å². The predicted octanol–water partition coefficient (Wildman–Crippen LogP) is -0.437. The zero-order chi connectivity index (χ0) is 13.8. The number of carboxylic acid groups (broad SMARTS) is 1. The van der Waals surface area contributed by atoms with Crippen LogP contribution in [0.5, 0.6) is 0 Å². The summed E-state index contributed by atoms with van der Waals surface area (Å²) < 4.78 is 1.60. The normalized spacial score (nSPS) is 14.3. The van der Waals surface area contributed by atoms with Gasteiger partial charge < -0.3 is 16.2 Å². The number of nitrogens with one attached hydrogen (secondary N) is 1. The van der Waals surface area contributed by atoms with E-state index in [2.05, 4.69) is 15.5 Å². The zero-order valence-electron chi connectivity index (χ0n) is 10.2. The number of rotatable bonds is 7. The Morgan fingerprint density at radius 2 is 2.21 bits per heavy atom. The number of carbonyl (C=O) groups is 2. The molecule has 1 saturated carbocycles. The molecule has 4 N–H and O–H groups in total. The molecule has 0 bridgehead atoms. The Morgan fingerprint density at radius 3 is 2.84 bits per heavy atom. The quantitative estimate of drug-likeness (QED) is 0.580. The second-order valence-electron chi connectivity index (χ2n) is 4.24. The minimum absolute atomic E-state index is 0.0615. The maximum Gasteiger partial charge on any atom is 0.313 e. The lowest BCUT2D eigenvalue weighted by Gasteiger charge is -2.08. The molecule has 104 valence electrons. The maximum absolute atomic E-state index is 11.5. The first-order valence-corrected chi connectivity index (χ1v) is 6.87. The van der Waals surface area contributed by atoms with Gasteiger partial charge in [-0.1, -0.05) is 11.8 Å². The van der Waals surface area contributed by atoms with Gasteiger partial charge in [0.1, 0.15) is 0 Å². The number of hydrogen-bond acceptors (Lipinski definition) is 6. The van der Waals surface area contributed by atoms with Crippen LogP contribution >= 0.6 is 11.8 Å². The Morgan fingerprint density at radius 1 is 1.47 bits per heavy atom. The molecular weight excluding hydrogens is 270 g/mol. The molecular formula is C10H15N5O3S. The van der Waals surface area contributed by atoms with E-state index in [4.69, 9.17) is 10.8 Å². The SMILES string of the molecule is Nc1nnc(SCC(=O)O)n1CCNC(=O)C1CC1. The van der Waals surface area contributed by atoms with E-state index >= 15 is 0 Å². The summed E-state index contributed by atoms with van der Waals surface area (Å²) in [6.45, 7) is 0.859. The molecule has 1 aromatic heterocycles. The monoisotopic (exact) mass is 285 g/mol. The van der Waals surface area contributed by atoms with Crippen molar-refractivity contribution in [2.24, 2.45) is 5.92 Å². The molecule has 0 unspecified atom stereocenters. The van der Waals surface area contributed by atoms with E-state index in [0.717, 1.165) is 24.6 Å². The lowest BCUT2D eigenvalue weighted by Crippen LogP contribution is -2.28. The highest BCUT2D eigenvalue weighted by atomic mass is 32.2. The Labute approximate surface area is 113 Å². The molecule has 1 aliphatic rings. The largest absolute Gasteiger partial charge is 0.481 e. The van der Waals surface area contributed by atoms with Crippen LogP contribution in [-0.2, 0) is 16.1 Å². The van der Waals surface area contributed by atoms with Gasteiger partial charge in [-0.05, 0) is 12.8 Å². The molecule has 19 heavy (non-hydrogen) atoms. The summed E-state index contributed by atoms with van der Waals surface area (Å²) in [5.74, 6) is -0.591. The highest BCUT2D eigenvalue weighted by molar-refractivity contribution is 7.99. The van der Waals surface area contributed by atoms with Crippen molar-refractivity contribution < 1.29 is 14.7 Å². The fourth-order valence-corrected chi connectivity index (χ4v) is 2.22. The fourth-order valence-electron chi connectivity index (χ4n) is 1.52. The van der Waals surface area contributed by atoms with E-state index < -0.39 is 5.97 Å². The maximum atomic E-state index is 11.5. The number of hydrogen-bond donors (Lipinski definition) is 3. The highest BCUT2D eigenvalue weighted by Crippen LogP contribution is 2.28. The number of nitrogens with zero attached hydrogens (tertiary/aromatic N) is 3. The van der Waals surface area contributed by atoms with Crippen LogP contribution in [0, 0.1) is 5.92 Å². The van der Waals surface area contributed by atoms with Crippen LogP contribution in [-0.4, -0.2) is 44.0 Å². The summed E-state index contributed by atoms with van der Waals surface area (Å²) in [5.41, 5.74) is 5.65. The number of nitrogen functional groups attached to an aromatic ring is 1. The summed E-state index contributed by atoms with van der Waals surface area (Å²) in [6, 6.07) is 0. The van der Waals surface area contributed by atoms with Crippen molar-refractivity contribution in [3.63, 3.8) is 0 Å². The number of anilines is 1. The van der Waals surface area contributed by atoms with E-state index in [0.29, 0.717) is 18.2 Å². The van der Waals surface area contributed by atoms with Gasteiger partial charge >= 0.3 is 5.97 Å². The summed E-state index contributed by atoms with van der Waals surface area (Å²) in [4.78, 5) is 22.0. The molecule has 1 heterocycles. The molecule has 1 aromatic rings. The van der Waals surface area contributed by atoms with Crippen LogP contribution in [0.15, 0.2) is 5.16 Å². The van der Waals surface area contributed by atoms with Crippen molar-refractivity contribution >= 4 is 29.6 Å². The van der Waals surface area contributed by atoms with Gasteiger partial charge in [-0.2, -0.15) is 0 Å². The average Bonchev–Trinajstić information content (AvgIpc) is 3.14. The van der Waals surface area contributed by atoms with Crippen LogP contribution in [0.25, 0.3) is 0 Å².